The fraction of sp³-hybridized carbons (Fsp3) is 0.455. The van der Waals surface area contributed by atoms with E-state index in [0.717, 1.165) is 0 Å². The first kappa shape index (κ1) is 13.4. The Morgan fingerprint density at radius 2 is 1.88 bits per heavy atom. The summed E-state index contributed by atoms with van der Waals surface area (Å²) in [6.07, 6.45) is -1.16. The fourth-order valence-corrected chi connectivity index (χ4v) is 1.42. The van der Waals surface area contributed by atoms with Gasteiger partial charge in [0, 0.05) is 12.1 Å². The van der Waals surface area contributed by atoms with E-state index in [1.165, 1.54) is 24.3 Å². The highest BCUT2D eigenvalue weighted by Crippen LogP contribution is 2.19. The number of hydrogen-bond donors (Lipinski definition) is 1. The lowest BCUT2D eigenvalue weighted by molar-refractivity contribution is -0.384. The summed E-state index contributed by atoms with van der Waals surface area (Å²) in [7, 11) is 3.56. The second kappa shape index (κ2) is 5.60. The smallest absolute Gasteiger partial charge is 0.269 e. The zero-order valence-electron chi connectivity index (χ0n) is 10.0. The van der Waals surface area contributed by atoms with Crippen molar-refractivity contribution in [2.45, 2.75) is 19.3 Å². The first-order chi connectivity index (χ1) is 7.91. The van der Waals surface area contributed by atoms with Gasteiger partial charge in [-0.05, 0) is 33.2 Å². The lowest BCUT2D eigenvalue weighted by atomic mass is 10.3. The third-order valence-electron chi connectivity index (χ3n) is 2.23. The summed E-state index contributed by atoms with van der Waals surface area (Å²) in [4.78, 5) is 11.7. The summed E-state index contributed by atoms with van der Waals surface area (Å²) in [5.41, 5.74) is 0.0100. The van der Waals surface area contributed by atoms with Crippen molar-refractivity contribution in [3.8, 4) is 5.75 Å². The largest absolute Gasteiger partial charge is 0.472 e. The van der Waals surface area contributed by atoms with Crippen molar-refractivity contribution in [2.24, 2.45) is 0 Å². The molecule has 0 spiro atoms. The Morgan fingerprint density at radius 1 is 1.35 bits per heavy atom. The van der Waals surface area contributed by atoms with E-state index in [-0.39, 0.29) is 5.69 Å². The zero-order chi connectivity index (χ0) is 13.0. The molecular formula is C11H16N2O4. The number of likely N-dealkylation sites (N-methyl/N-ethyl adjacent to an activating group) is 1. The third-order valence-corrected chi connectivity index (χ3v) is 2.23. The summed E-state index contributed by atoms with van der Waals surface area (Å²) in [6.45, 7) is 1.62. The highest BCUT2D eigenvalue weighted by atomic mass is 16.6. The molecule has 0 aliphatic rings. The number of nitrogens with zero attached hydrogens (tertiary/aromatic N) is 2. The van der Waals surface area contributed by atoms with Crippen molar-refractivity contribution in [3.05, 3.63) is 34.4 Å². The normalized spacial score (nSPS) is 14.4. The van der Waals surface area contributed by atoms with Crippen molar-refractivity contribution in [1.29, 1.82) is 0 Å². The van der Waals surface area contributed by atoms with E-state index in [0.29, 0.717) is 5.75 Å². The Hall–Kier alpha value is -1.66. The van der Waals surface area contributed by atoms with Crippen LogP contribution in [0.5, 0.6) is 5.75 Å². The molecule has 6 nitrogen and oxygen atoms in total. The zero-order valence-corrected chi connectivity index (χ0v) is 10.0. The summed E-state index contributed by atoms with van der Waals surface area (Å²) in [6, 6.07) is 5.75. The van der Waals surface area contributed by atoms with Crippen LogP contribution < -0.4 is 4.74 Å². The van der Waals surface area contributed by atoms with Gasteiger partial charge in [0.15, 0.2) is 6.23 Å². The first-order valence-electron chi connectivity index (χ1n) is 5.17. The van der Waals surface area contributed by atoms with Gasteiger partial charge >= 0.3 is 0 Å². The number of nitro groups is 1. The van der Waals surface area contributed by atoms with Gasteiger partial charge in [0.25, 0.3) is 5.69 Å². The number of aliphatic hydroxyl groups is 1. The van der Waals surface area contributed by atoms with Gasteiger partial charge in [0.05, 0.1) is 4.92 Å². The Morgan fingerprint density at radius 3 is 2.24 bits per heavy atom. The van der Waals surface area contributed by atoms with Gasteiger partial charge in [-0.3, -0.25) is 15.0 Å². The maximum absolute atomic E-state index is 10.5. The first-order valence-corrected chi connectivity index (χ1v) is 5.17. The number of nitro benzene ring substituents is 1. The Labute approximate surface area is 99.6 Å². The minimum atomic E-state index is -0.666. The molecule has 0 bridgehead atoms. The van der Waals surface area contributed by atoms with Gasteiger partial charge in [-0.2, -0.15) is 0 Å². The number of ether oxygens (including phenoxy) is 1. The van der Waals surface area contributed by atoms with Gasteiger partial charge in [-0.25, -0.2) is 0 Å². The Kier molecular flexibility index (Phi) is 4.42. The minimum absolute atomic E-state index is 0.0100. The van der Waals surface area contributed by atoms with E-state index in [1.54, 1.807) is 25.9 Å². The molecule has 1 rings (SSSR count). The van der Waals surface area contributed by atoms with Crippen molar-refractivity contribution in [2.75, 3.05) is 14.1 Å². The lowest BCUT2D eigenvalue weighted by Gasteiger charge is -2.27. The fourth-order valence-electron chi connectivity index (χ4n) is 1.42. The van der Waals surface area contributed by atoms with Crippen LogP contribution in [0.1, 0.15) is 6.92 Å². The molecule has 1 aromatic carbocycles. The minimum Gasteiger partial charge on any atom is -0.472 e. The number of non-ortho nitro benzene ring substituents is 1. The van der Waals surface area contributed by atoms with Crippen LogP contribution in [0, 0.1) is 10.1 Å². The number of aliphatic hydroxyl groups excluding tert-OH is 1. The highest BCUT2D eigenvalue weighted by molar-refractivity contribution is 5.36. The second-order valence-electron chi connectivity index (χ2n) is 3.96. The van der Waals surface area contributed by atoms with Gasteiger partial charge in [-0.15, -0.1) is 0 Å². The van der Waals surface area contributed by atoms with E-state index in [1.807, 2.05) is 0 Å². The number of rotatable bonds is 5. The predicted octanol–water partition coefficient (Wildman–Crippen LogP) is 1.24. The van der Waals surface area contributed by atoms with Crippen LogP contribution >= 0.6 is 0 Å². The van der Waals surface area contributed by atoms with Crippen molar-refractivity contribution < 1.29 is 14.8 Å². The van der Waals surface area contributed by atoms with Gasteiger partial charge < -0.3 is 9.84 Å². The Bertz CT molecular complexity index is 368. The molecule has 0 amide bonds. The molecule has 17 heavy (non-hydrogen) atoms. The van der Waals surface area contributed by atoms with Crippen LogP contribution in [0.15, 0.2) is 24.3 Å². The van der Waals surface area contributed by atoms with Crippen LogP contribution in [0.25, 0.3) is 0 Å². The highest BCUT2D eigenvalue weighted by Gasteiger charge is 2.19. The number of benzene rings is 1. The topological polar surface area (TPSA) is 75.8 Å². The van der Waals surface area contributed by atoms with Crippen molar-refractivity contribution in [1.82, 2.24) is 4.90 Å². The van der Waals surface area contributed by atoms with E-state index >= 15 is 0 Å². The van der Waals surface area contributed by atoms with Gasteiger partial charge in [-0.1, -0.05) is 0 Å². The van der Waals surface area contributed by atoms with E-state index in [4.69, 9.17) is 4.74 Å². The monoisotopic (exact) mass is 240 g/mol. The molecule has 0 fully saturated rings. The molecule has 2 atom stereocenters. The molecule has 0 aliphatic heterocycles. The van der Waals surface area contributed by atoms with Crippen LogP contribution in [0.3, 0.4) is 0 Å². The Balaban J connectivity index is 2.77. The molecule has 0 saturated carbocycles. The van der Waals surface area contributed by atoms with Gasteiger partial charge in [0.2, 0.25) is 0 Å². The molecular weight excluding hydrogens is 224 g/mol. The molecule has 6 heteroatoms. The van der Waals surface area contributed by atoms with Crippen LogP contribution in [-0.4, -0.2) is 41.4 Å². The van der Waals surface area contributed by atoms with E-state index < -0.39 is 17.3 Å². The van der Waals surface area contributed by atoms with E-state index in [9.17, 15) is 15.2 Å². The molecule has 1 N–H and O–H groups in total. The summed E-state index contributed by atoms with van der Waals surface area (Å²) in [5.74, 6) is 0.482. The van der Waals surface area contributed by atoms with Gasteiger partial charge in [0.1, 0.15) is 11.9 Å². The quantitative estimate of drug-likeness (QED) is 0.476. The van der Waals surface area contributed by atoms with Crippen molar-refractivity contribution in [3.63, 3.8) is 0 Å². The van der Waals surface area contributed by atoms with Crippen LogP contribution in [-0.2, 0) is 0 Å². The molecule has 94 valence electrons. The van der Waals surface area contributed by atoms with Crippen LogP contribution in [0.4, 0.5) is 5.69 Å². The molecule has 1 aromatic rings. The second-order valence-corrected chi connectivity index (χ2v) is 3.96. The molecule has 0 aromatic heterocycles. The molecule has 0 radical (unpaired) electrons. The third kappa shape index (κ3) is 3.69. The summed E-state index contributed by atoms with van der Waals surface area (Å²) >= 11 is 0. The average Bonchev–Trinajstić information content (AvgIpc) is 2.25. The molecule has 2 unspecified atom stereocenters. The number of hydrogen-bond acceptors (Lipinski definition) is 5. The molecule has 0 saturated heterocycles. The maximum atomic E-state index is 10.5. The van der Waals surface area contributed by atoms with E-state index in [2.05, 4.69) is 0 Å². The molecule has 0 heterocycles. The van der Waals surface area contributed by atoms with Crippen molar-refractivity contribution >= 4 is 5.69 Å². The predicted molar refractivity (Wildman–Crippen MR) is 62.9 cm³/mol. The summed E-state index contributed by atoms with van der Waals surface area (Å²) < 4.78 is 5.53. The lowest BCUT2D eigenvalue weighted by Crippen LogP contribution is -2.42. The standard InChI is InChI=1S/C11H16N2O4/c1-8(14)11(12(2)3)17-10-6-4-9(5-7-10)13(15)16/h4-8,11,14H,1-3H3. The summed E-state index contributed by atoms with van der Waals surface area (Å²) in [5, 5.41) is 20.0. The molecule has 0 aliphatic carbocycles. The van der Waals surface area contributed by atoms with Crippen LogP contribution in [0.2, 0.25) is 0 Å². The maximum Gasteiger partial charge on any atom is 0.269 e. The SMILES string of the molecule is CC(O)C(Oc1ccc([N+](=O)[O-])cc1)N(C)C. The average molecular weight is 240 g/mol.